The van der Waals surface area contributed by atoms with E-state index in [-0.39, 0.29) is 0 Å². The van der Waals surface area contributed by atoms with E-state index in [1.165, 1.54) is 95.6 Å². The van der Waals surface area contributed by atoms with Crippen LogP contribution in [-0.4, -0.2) is 0 Å². The van der Waals surface area contributed by atoms with E-state index in [2.05, 4.69) is 19.1 Å². The first-order valence-electron chi connectivity index (χ1n) is 11.8. The van der Waals surface area contributed by atoms with Crippen LogP contribution >= 0.6 is 0 Å². The van der Waals surface area contributed by atoms with E-state index < -0.39 is 5.83 Å². The van der Waals surface area contributed by atoms with Crippen LogP contribution in [0.1, 0.15) is 96.8 Å². The second-order valence-electron chi connectivity index (χ2n) is 9.07. The third kappa shape index (κ3) is 9.22. The van der Waals surface area contributed by atoms with Crippen LogP contribution in [0.25, 0.3) is 0 Å². The molecule has 0 atom stereocenters. The average Bonchev–Trinajstić information content (AvgIpc) is 2.74. The number of hydrogen-bond acceptors (Lipinski definition) is 1. The predicted molar refractivity (Wildman–Crippen MR) is 117 cm³/mol. The Morgan fingerprint density at radius 1 is 0.893 bits per heavy atom. The van der Waals surface area contributed by atoms with Gasteiger partial charge in [-0.15, -0.1) is 0 Å². The molecule has 2 fully saturated rings. The van der Waals surface area contributed by atoms with Crippen molar-refractivity contribution in [2.75, 3.05) is 0 Å². The smallest absolute Gasteiger partial charge is 0.195 e. The number of halogens is 1. The number of rotatable bonds is 10. The molecular formula is C26H40FN. The number of unbranched alkanes of at least 4 members (excludes halogenated alkanes) is 2. The van der Waals surface area contributed by atoms with Gasteiger partial charge in [-0.3, -0.25) is 0 Å². The van der Waals surface area contributed by atoms with Gasteiger partial charge in [0, 0.05) is 0 Å². The monoisotopic (exact) mass is 385 g/mol. The number of hydrogen-bond donors (Lipinski definition) is 0. The highest BCUT2D eigenvalue weighted by molar-refractivity contribution is 5.18. The van der Waals surface area contributed by atoms with Crippen LogP contribution in [0.2, 0.25) is 0 Å². The fraction of sp³-hybridized carbons (Fsp3) is 0.731. The third-order valence-electron chi connectivity index (χ3n) is 6.88. The molecule has 0 bridgehead atoms. The highest BCUT2D eigenvalue weighted by Crippen LogP contribution is 2.35. The zero-order chi connectivity index (χ0) is 20.0. The summed E-state index contributed by atoms with van der Waals surface area (Å²) in [6, 6.07) is 1.49. The van der Waals surface area contributed by atoms with E-state index in [0.29, 0.717) is 0 Å². The number of nitriles is 1. The van der Waals surface area contributed by atoms with Crippen molar-refractivity contribution >= 4 is 0 Å². The van der Waals surface area contributed by atoms with Gasteiger partial charge in [-0.2, -0.15) is 9.65 Å². The Morgan fingerprint density at radius 2 is 1.46 bits per heavy atom. The molecule has 156 valence electrons. The molecule has 0 unspecified atom stereocenters. The summed E-state index contributed by atoms with van der Waals surface area (Å²) < 4.78 is 12.7. The van der Waals surface area contributed by atoms with Gasteiger partial charge in [-0.05, 0) is 94.0 Å². The number of nitrogens with zero attached hydrogens (tertiary/aromatic N) is 1. The molecule has 0 aromatic heterocycles. The van der Waals surface area contributed by atoms with Gasteiger partial charge in [-0.1, -0.05) is 56.9 Å². The molecule has 0 saturated heterocycles. The standard InChI is InChI=1S/C26H40FN/c1-2-3-5-8-22-11-15-24(16-12-22)19-20-25-17-13-23(14-18-25)9-6-4-7-10-26(27)21-28/h4,7,10,19-20,22-25H,2-3,5-6,8-9,11-18H2,1H3/b7-4?,20-19+,26-10?/t22-,23?,24-,25?. The molecule has 2 heteroatoms. The quantitative estimate of drug-likeness (QED) is 0.160. The minimum Gasteiger partial charge on any atom is -0.195 e. The van der Waals surface area contributed by atoms with Crippen molar-refractivity contribution in [1.29, 1.82) is 5.26 Å². The molecule has 28 heavy (non-hydrogen) atoms. The molecule has 2 aliphatic rings. The van der Waals surface area contributed by atoms with E-state index in [1.54, 1.807) is 6.08 Å². The van der Waals surface area contributed by atoms with Crippen molar-refractivity contribution in [3.8, 4) is 6.07 Å². The van der Waals surface area contributed by atoms with Crippen molar-refractivity contribution in [3.63, 3.8) is 0 Å². The van der Waals surface area contributed by atoms with Crippen LogP contribution < -0.4 is 0 Å². The van der Waals surface area contributed by atoms with Gasteiger partial charge >= 0.3 is 0 Å². The fourth-order valence-corrected chi connectivity index (χ4v) is 4.95. The fourth-order valence-electron chi connectivity index (χ4n) is 4.95. The molecule has 2 saturated carbocycles. The van der Waals surface area contributed by atoms with Gasteiger partial charge in [0.25, 0.3) is 0 Å². The van der Waals surface area contributed by atoms with E-state index in [9.17, 15) is 4.39 Å². The molecule has 0 radical (unpaired) electrons. The minimum atomic E-state index is -0.714. The lowest BCUT2D eigenvalue weighted by Gasteiger charge is -2.29. The maximum absolute atomic E-state index is 12.7. The van der Waals surface area contributed by atoms with Crippen LogP contribution in [0.4, 0.5) is 4.39 Å². The van der Waals surface area contributed by atoms with Gasteiger partial charge < -0.3 is 0 Å². The first kappa shape index (κ1) is 22.9. The Bertz CT molecular complexity index is 537. The van der Waals surface area contributed by atoms with E-state index in [0.717, 1.165) is 30.1 Å². The molecule has 0 heterocycles. The van der Waals surface area contributed by atoms with E-state index in [4.69, 9.17) is 5.26 Å². The minimum absolute atomic E-state index is 0.714. The maximum atomic E-state index is 12.7. The lowest BCUT2D eigenvalue weighted by Crippen LogP contribution is -2.15. The Morgan fingerprint density at radius 3 is 2.00 bits per heavy atom. The van der Waals surface area contributed by atoms with E-state index >= 15 is 0 Å². The van der Waals surface area contributed by atoms with Crippen LogP contribution in [0, 0.1) is 35.0 Å². The predicted octanol–water partition coefficient (Wildman–Crippen LogP) is 8.45. The van der Waals surface area contributed by atoms with Gasteiger partial charge in [-0.25, -0.2) is 0 Å². The molecule has 1 nitrogen and oxygen atoms in total. The van der Waals surface area contributed by atoms with Crippen molar-refractivity contribution in [3.05, 3.63) is 36.2 Å². The van der Waals surface area contributed by atoms with Crippen molar-refractivity contribution in [2.45, 2.75) is 96.8 Å². The van der Waals surface area contributed by atoms with Crippen LogP contribution in [0.15, 0.2) is 36.2 Å². The summed E-state index contributed by atoms with van der Waals surface area (Å²) in [6.45, 7) is 2.30. The average molecular weight is 386 g/mol. The largest absolute Gasteiger partial charge is 0.199 e. The van der Waals surface area contributed by atoms with Crippen molar-refractivity contribution in [2.24, 2.45) is 23.7 Å². The van der Waals surface area contributed by atoms with Gasteiger partial charge in [0.2, 0.25) is 0 Å². The first-order valence-corrected chi connectivity index (χ1v) is 11.8. The molecule has 0 aliphatic heterocycles. The number of allylic oxidation sites excluding steroid dienone is 6. The highest BCUT2D eigenvalue weighted by atomic mass is 19.1. The van der Waals surface area contributed by atoms with Crippen molar-refractivity contribution in [1.82, 2.24) is 0 Å². The Hall–Kier alpha value is -1.36. The molecule has 2 aliphatic carbocycles. The zero-order valence-corrected chi connectivity index (χ0v) is 17.9. The summed E-state index contributed by atoms with van der Waals surface area (Å²) in [7, 11) is 0. The zero-order valence-electron chi connectivity index (χ0n) is 17.9. The molecule has 0 spiro atoms. The van der Waals surface area contributed by atoms with Crippen molar-refractivity contribution < 1.29 is 4.39 Å². The first-order chi connectivity index (χ1) is 13.7. The second kappa shape index (κ2) is 13.8. The second-order valence-corrected chi connectivity index (χ2v) is 9.07. The Labute approximate surface area is 172 Å². The molecule has 0 N–H and O–H groups in total. The Kier molecular flexibility index (Phi) is 11.3. The Balaban J connectivity index is 1.57. The lowest BCUT2D eigenvalue weighted by atomic mass is 9.77. The van der Waals surface area contributed by atoms with Gasteiger partial charge in [0.1, 0.15) is 6.07 Å². The molecule has 0 aromatic carbocycles. The highest BCUT2D eigenvalue weighted by Gasteiger charge is 2.21. The topological polar surface area (TPSA) is 23.8 Å². The van der Waals surface area contributed by atoms with Gasteiger partial charge in [0.15, 0.2) is 5.83 Å². The molecule has 0 aromatic rings. The molecular weight excluding hydrogens is 345 g/mol. The lowest BCUT2D eigenvalue weighted by molar-refractivity contribution is 0.283. The SMILES string of the molecule is CCCCC[C@H]1CC[C@H](/C=C/C2CCC(CCC=CC=C(F)C#N)CC2)CC1. The summed E-state index contributed by atoms with van der Waals surface area (Å²) in [4.78, 5) is 0. The summed E-state index contributed by atoms with van der Waals surface area (Å²) >= 11 is 0. The van der Waals surface area contributed by atoms with Gasteiger partial charge in [0.05, 0.1) is 0 Å². The maximum Gasteiger partial charge on any atom is 0.199 e. The summed E-state index contributed by atoms with van der Waals surface area (Å²) in [5.74, 6) is 2.74. The van der Waals surface area contributed by atoms with Crippen LogP contribution in [-0.2, 0) is 0 Å². The summed E-state index contributed by atoms with van der Waals surface area (Å²) in [6.07, 6.45) is 28.9. The summed E-state index contributed by atoms with van der Waals surface area (Å²) in [5.41, 5.74) is 0. The summed E-state index contributed by atoms with van der Waals surface area (Å²) in [5, 5.41) is 8.37. The van der Waals surface area contributed by atoms with E-state index in [1.807, 2.05) is 6.08 Å². The normalized spacial score (nSPS) is 29.4. The van der Waals surface area contributed by atoms with Crippen LogP contribution in [0.3, 0.4) is 0 Å². The van der Waals surface area contributed by atoms with Crippen LogP contribution in [0.5, 0.6) is 0 Å². The molecule has 2 rings (SSSR count). The molecule has 0 amide bonds. The third-order valence-corrected chi connectivity index (χ3v) is 6.88.